The van der Waals surface area contributed by atoms with Gasteiger partial charge in [0.15, 0.2) is 0 Å². The van der Waals surface area contributed by atoms with E-state index in [0.29, 0.717) is 24.2 Å². The number of nitrogens with zero attached hydrogens (tertiary/aromatic N) is 15. The zero-order chi connectivity index (χ0) is 72.4. The molecule has 5 fully saturated rings. The summed E-state index contributed by atoms with van der Waals surface area (Å²) in [6.45, 7) is 60.6. The van der Waals surface area contributed by atoms with E-state index >= 15 is 0 Å². The van der Waals surface area contributed by atoms with E-state index in [1.807, 2.05) is 21.0 Å². The Morgan fingerprint density at radius 2 is 0.753 bits per heavy atom. The van der Waals surface area contributed by atoms with Crippen LogP contribution < -0.4 is 40.9 Å². The van der Waals surface area contributed by atoms with Crippen LogP contribution in [0.5, 0.6) is 0 Å². The van der Waals surface area contributed by atoms with Gasteiger partial charge in [-0.3, -0.25) is 9.80 Å². The maximum Gasteiger partial charge on any atom is 0.230 e. The number of morpholine rings is 1. The largest absolute Gasteiger partial charge is 0.378 e. The van der Waals surface area contributed by atoms with E-state index in [-0.39, 0.29) is 44.3 Å². The minimum absolute atomic E-state index is 0.0577. The smallest absolute Gasteiger partial charge is 0.230 e. The van der Waals surface area contributed by atoms with Gasteiger partial charge in [-0.1, -0.05) is 39.5 Å². The van der Waals surface area contributed by atoms with Crippen LogP contribution in [0.1, 0.15) is 252 Å². The summed E-state index contributed by atoms with van der Waals surface area (Å²) in [5.74, 6) is 5.02. The van der Waals surface area contributed by atoms with Gasteiger partial charge in [-0.15, -0.1) is 0 Å². The summed E-state index contributed by atoms with van der Waals surface area (Å²) in [4.78, 5) is 52.5. The Bertz CT molecular complexity index is 2430. The lowest BCUT2D eigenvalue weighted by Crippen LogP contribution is -2.63. The lowest BCUT2D eigenvalue weighted by Gasteiger charge is -2.56. The molecule has 0 atom stereocenters. The molecule has 97 heavy (non-hydrogen) atoms. The Morgan fingerprint density at radius 3 is 1.13 bits per heavy atom. The number of likely N-dealkylation sites (N-methyl/N-ethyl adjacent to an activating group) is 2. The summed E-state index contributed by atoms with van der Waals surface area (Å²) >= 11 is 0. The Balaban J connectivity index is 0.000000288. The first-order valence-corrected chi connectivity index (χ1v) is 38.7. The van der Waals surface area contributed by atoms with Crippen molar-refractivity contribution in [3.8, 4) is 0 Å². The molecule has 0 aliphatic carbocycles. The molecule has 20 nitrogen and oxygen atoms in total. The number of aryl methyl sites for hydroxylation is 2. The number of likely N-dealkylation sites (tertiary alicyclic amines) is 2. The normalized spacial score (nSPS) is 21.9. The topological polar surface area (TPSA) is 164 Å². The molecule has 2 aromatic heterocycles. The second kappa shape index (κ2) is 37.3. The van der Waals surface area contributed by atoms with Gasteiger partial charge < -0.3 is 60.3 Å². The van der Waals surface area contributed by atoms with Crippen LogP contribution in [0.15, 0.2) is 0 Å². The van der Waals surface area contributed by atoms with E-state index in [0.717, 1.165) is 165 Å². The Morgan fingerprint density at radius 1 is 0.412 bits per heavy atom. The highest BCUT2D eigenvalue weighted by atomic mass is 16.5. The highest BCUT2D eigenvalue weighted by Crippen LogP contribution is 2.43. The number of nitrogens with one attached hydrogen (secondary N) is 4. The maximum absolute atomic E-state index is 5.59. The Kier molecular flexibility index (Phi) is 32.5. The predicted molar refractivity (Wildman–Crippen MR) is 414 cm³/mol. The highest BCUT2D eigenvalue weighted by molar-refractivity contribution is 5.43. The van der Waals surface area contributed by atoms with E-state index in [1.165, 1.54) is 77.7 Å². The molecule has 0 radical (unpaired) electrons. The first-order valence-electron chi connectivity index (χ1n) is 38.7. The third kappa shape index (κ3) is 26.9. The van der Waals surface area contributed by atoms with Crippen molar-refractivity contribution in [3.05, 3.63) is 11.6 Å². The molecule has 2 aromatic rings. The predicted octanol–water partition coefficient (Wildman–Crippen LogP) is 11.7. The van der Waals surface area contributed by atoms with Crippen LogP contribution in [0, 0.1) is 13.8 Å². The first-order chi connectivity index (χ1) is 45.2. The zero-order valence-corrected chi connectivity index (χ0v) is 68.1. The lowest BCUT2D eigenvalue weighted by molar-refractivity contribution is -0.0130. The monoisotopic (exact) mass is 1360 g/mol. The van der Waals surface area contributed by atoms with Crippen LogP contribution in [-0.2, 0) is 4.74 Å². The number of unbranched alkanes of at least 4 members (excludes halogenated alkanes) is 5. The molecule has 0 saturated carbocycles. The van der Waals surface area contributed by atoms with E-state index in [9.17, 15) is 0 Å². The van der Waals surface area contributed by atoms with Crippen LogP contribution in [0.25, 0.3) is 0 Å². The van der Waals surface area contributed by atoms with E-state index in [1.54, 1.807) is 0 Å². The first kappa shape index (κ1) is 84.5. The molecule has 7 heterocycles. The van der Waals surface area contributed by atoms with Gasteiger partial charge in [-0.05, 0) is 297 Å². The van der Waals surface area contributed by atoms with Gasteiger partial charge in [-0.2, -0.15) is 29.9 Å². The molecule has 0 unspecified atom stereocenters. The molecule has 0 bridgehead atoms. The zero-order valence-electron chi connectivity index (χ0n) is 68.1. The Labute approximate surface area is 596 Å². The van der Waals surface area contributed by atoms with Crippen molar-refractivity contribution in [2.45, 2.75) is 323 Å². The van der Waals surface area contributed by atoms with Crippen LogP contribution in [0.3, 0.4) is 0 Å². The minimum Gasteiger partial charge on any atom is -0.378 e. The van der Waals surface area contributed by atoms with Crippen molar-refractivity contribution in [1.82, 2.24) is 75.7 Å². The molecule has 5 saturated heterocycles. The van der Waals surface area contributed by atoms with Gasteiger partial charge in [0.2, 0.25) is 23.8 Å². The fourth-order valence-corrected chi connectivity index (χ4v) is 17.1. The standard InChI is InChI=1S/C33H62N8O.C32H61N7.C12H30N4/c1-25-34-28(40-17-19-42-20-18-40)36-29(35-25)41(27-23-32(6,7)38-33(8,9)24-27)16-14-12-11-13-15-39(10)26-21-30(2,3)37-31(4,5)22-26;1-14-16-18-38(25-20-29(4,5)36(12)30(6,7)21-25)27-33-24(3)34-28(35-27)39(19-17-15-2)26-22-31(8,9)37(13)32(10,11)23-26;1-13-7-5-9-15(3)11-12-16(4)10-6-8-14-2/h26-27,37-38H,11-24H2,1-10H3;25-26H,14-23H2,1-13H3;13-14H,5-12H2,1-4H3. The van der Waals surface area contributed by atoms with Crippen molar-refractivity contribution in [2.75, 3.05) is 161 Å². The molecule has 0 aromatic carbocycles. The van der Waals surface area contributed by atoms with Crippen molar-refractivity contribution < 1.29 is 4.74 Å². The minimum atomic E-state index is 0.0577. The summed E-state index contributed by atoms with van der Waals surface area (Å²) in [5, 5.41) is 14.0. The second-order valence-electron chi connectivity index (χ2n) is 35.7. The number of ether oxygens (including phenoxy) is 1. The summed E-state index contributed by atoms with van der Waals surface area (Å²) < 4.78 is 5.59. The van der Waals surface area contributed by atoms with Crippen LogP contribution in [0.4, 0.5) is 23.8 Å². The molecular formula is C77H153N19O. The molecule has 4 N–H and O–H groups in total. The summed E-state index contributed by atoms with van der Waals surface area (Å²) in [6, 6.07) is 1.83. The van der Waals surface area contributed by atoms with Gasteiger partial charge in [0.05, 0.1) is 13.2 Å². The number of rotatable bonds is 32. The van der Waals surface area contributed by atoms with Crippen molar-refractivity contribution >= 4 is 23.8 Å². The molecule has 0 spiro atoms. The molecule has 7 rings (SSSR count). The fraction of sp³-hybridized carbons (Fsp3) is 0.922. The second-order valence-corrected chi connectivity index (χ2v) is 35.7. The van der Waals surface area contributed by atoms with Crippen molar-refractivity contribution in [1.29, 1.82) is 0 Å². The van der Waals surface area contributed by atoms with Gasteiger partial charge in [-0.25, -0.2) is 0 Å². The molecule has 562 valence electrons. The quantitative estimate of drug-likeness (QED) is 0.0511. The van der Waals surface area contributed by atoms with Gasteiger partial charge >= 0.3 is 0 Å². The van der Waals surface area contributed by atoms with Gasteiger partial charge in [0.1, 0.15) is 11.6 Å². The fourth-order valence-electron chi connectivity index (χ4n) is 17.1. The Hall–Kier alpha value is -3.18. The lowest BCUT2D eigenvalue weighted by atomic mass is 9.77. The van der Waals surface area contributed by atoms with E-state index in [2.05, 4.69) is 232 Å². The number of piperidine rings is 4. The van der Waals surface area contributed by atoms with Gasteiger partial charge in [0, 0.05) is 114 Å². The number of aromatic nitrogens is 6. The van der Waals surface area contributed by atoms with Crippen LogP contribution in [-0.4, -0.2) is 264 Å². The third-order valence-corrected chi connectivity index (χ3v) is 22.3. The van der Waals surface area contributed by atoms with E-state index < -0.39 is 0 Å². The number of anilines is 4. The van der Waals surface area contributed by atoms with Crippen LogP contribution in [0.2, 0.25) is 0 Å². The number of hydrogen-bond acceptors (Lipinski definition) is 20. The molecule has 5 aliphatic rings. The van der Waals surface area contributed by atoms with E-state index in [4.69, 9.17) is 34.6 Å². The molecular weight excluding hydrogens is 1210 g/mol. The summed E-state index contributed by atoms with van der Waals surface area (Å²) in [7, 11) is 15.3. The van der Waals surface area contributed by atoms with Crippen molar-refractivity contribution in [2.24, 2.45) is 0 Å². The molecule has 5 aliphatic heterocycles. The summed E-state index contributed by atoms with van der Waals surface area (Å²) in [6.07, 6.45) is 20.9. The van der Waals surface area contributed by atoms with Crippen molar-refractivity contribution in [3.63, 3.8) is 0 Å². The third-order valence-electron chi connectivity index (χ3n) is 22.3. The molecule has 0 amide bonds. The highest BCUT2D eigenvalue weighted by Gasteiger charge is 2.48. The average molecular weight is 1360 g/mol. The molecule has 20 heteroatoms. The maximum atomic E-state index is 5.59. The van der Waals surface area contributed by atoms with Crippen LogP contribution >= 0.6 is 0 Å². The SMILES string of the molecule is CCCCN(c1nc(C)nc(N(CCCC)C2CC(C)(C)N(C)C(C)(C)C2)n1)C1CC(C)(C)N(C)C(C)(C)C1.CNCCCN(C)CCN(C)CCCNC.Cc1nc(N2CCOCC2)nc(N(CCCCCCN(C)C2CC(C)(C)NC(C)(C)C2)C2CC(C)(C)NC(C)(C)C2)n1. The van der Waals surface area contributed by atoms with Gasteiger partial charge in [0.25, 0.3) is 0 Å². The number of hydrogen-bond donors (Lipinski definition) is 4. The average Bonchev–Trinajstić information content (AvgIpc) is 0.800. The summed E-state index contributed by atoms with van der Waals surface area (Å²) in [5.41, 5.74) is 0.944.